The van der Waals surface area contributed by atoms with Crippen LogP contribution in [-0.4, -0.2) is 44.1 Å². The molecule has 1 rings (SSSR count). The van der Waals surface area contributed by atoms with Crippen LogP contribution in [0.25, 0.3) is 0 Å². The third-order valence-corrected chi connectivity index (χ3v) is 3.60. The van der Waals surface area contributed by atoms with Gasteiger partial charge in [-0.15, -0.1) is 24.0 Å². The summed E-state index contributed by atoms with van der Waals surface area (Å²) >= 11 is 0. The quantitative estimate of drug-likeness (QED) is 0.391. The highest BCUT2D eigenvalue weighted by atomic mass is 127. The van der Waals surface area contributed by atoms with E-state index in [1.54, 1.807) is 7.05 Å². The predicted octanol–water partition coefficient (Wildman–Crippen LogP) is 3.33. The molecule has 8 heteroatoms. The molecule has 0 spiro atoms. The zero-order valence-corrected chi connectivity index (χ0v) is 16.8. The van der Waals surface area contributed by atoms with Crippen LogP contribution in [-0.2, 0) is 12.7 Å². The van der Waals surface area contributed by atoms with Crippen LogP contribution in [0.4, 0.5) is 13.2 Å². The molecule has 0 atom stereocenters. The van der Waals surface area contributed by atoms with Gasteiger partial charge in [-0.05, 0) is 38.6 Å². The van der Waals surface area contributed by atoms with E-state index in [-0.39, 0.29) is 24.0 Å². The van der Waals surface area contributed by atoms with Gasteiger partial charge in [-0.1, -0.05) is 12.1 Å². The number of hydrogen-bond donors (Lipinski definition) is 2. The van der Waals surface area contributed by atoms with Crippen molar-refractivity contribution in [3.8, 4) is 0 Å². The average molecular weight is 458 g/mol. The third kappa shape index (κ3) is 8.18. The van der Waals surface area contributed by atoms with Crippen molar-refractivity contribution in [1.82, 2.24) is 15.5 Å². The summed E-state index contributed by atoms with van der Waals surface area (Å²) in [7, 11) is 3.71. The van der Waals surface area contributed by atoms with Crippen molar-refractivity contribution in [2.75, 3.05) is 27.2 Å². The summed E-state index contributed by atoms with van der Waals surface area (Å²) in [5.74, 6) is 0.627. The molecule has 1 aromatic rings. The molecule has 4 nitrogen and oxygen atoms in total. The zero-order chi connectivity index (χ0) is 17.5. The zero-order valence-electron chi connectivity index (χ0n) is 14.4. The fourth-order valence-electron chi connectivity index (χ4n) is 1.83. The minimum atomic E-state index is -4.30. The number of guanidine groups is 1. The van der Waals surface area contributed by atoms with E-state index in [1.165, 1.54) is 12.1 Å². The lowest BCUT2D eigenvalue weighted by molar-refractivity contribution is -0.137. The summed E-state index contributed by atoms with van der Waals surface area (Å²) < 4.78 is 37.5. The first-order valence-corrected chi connectivity index (χ1v) is 7.55. The summed E-state index contributed by atoms with van der Waals surface area (Å²) in [6.45, 7) is 6.27. The van der Waals surface area contributed by atoms with E-state index in [1.807, 2.05) is 7.05 Å². The van der Waals surface area contributed by atoms with Crippen LogP contribution in [0.5, 0.6) is 0 Å². The second-order valence-corrected chi connectivity index (χ2v) is 5.62. The molecule has 138 valence electrons. The molecule has 0 fully saturated rings. The lowest BCUT2D eigenvalue weighted by atomic mass is 10.1. The molecule has 0 aliphatic heterocycles. The van der Waals surface area contributed by atoms with Gasteiger partial charge in [0.1, 0.15) is 0 Å². The maximum absolute atomic E-state index is 12.5. The van der Waals surface area contributed by atoms with E-state index in [0.29, 0.717) is 18.5 Å². The van der Waals surface area contributed by atoms with Crippen LogP contribution in [0.15, 0.2) is 29.3 Å². The van der Waals surface area contributed by atoms with E-state index in [4.69, 9.17) is 0 Å². The van der Waals surface area contributed by atoms with Crippen molar-refractivity contribution in [3.05, 3.63) is 35.4 Å². The standard InChI is InChI=1S/C16H25F3N4.HI/c1-12(2)23(4)10-9-21-15(20-3)22-11-13-5-7-14(8-6-13)16(17,18)19;/h5-8,12H,9-11H2,1-4H3,(H2,20,21,22);1H. The summed E-state index contributed by atoms with van der Waals surface area (Å²) in [5.41, 5.74) is 0.126. The molecule has 0 aliphatic carbocycles. The first kappa shape index (κ1) is 23.0. The number of aliphatic imine (C=N–C) groups is 1. The maximum Gasteiger partial charge on any atom is 0.416 e. The third-order valence-electron chi connectivity index (χ3n) is 3.60. The second-order valence-electron chi connectivity index (χ2n) is 5.62. The van der Waals surface area contributed by atoms with Gasteiger partial charge in [0.15, 0.2) is 5.96 Å². The first-order valence-electron chi connectivity index (χ1n) is 7.55. The molecule has 0 bridgehead atoms. The molecule has 0 saturated heterocycles. The minimum absolute atomic E-state index is 0. The van der Waals surface area contributed by atoms with Gasteiger partial charge in [-0.3, -0.25) is 4.99 Å². The fourth-order valence-corrected chi connectivity index (χ4v) is 1.83. The molecule has 0 aliphatic rings. The maximum atomic E-state index is 12.5. The Hall–Kier alpha value is -1.03. The molecule has 0 saturated carbocycles. The van der Waals surface area contributed by atoms with Crippen LogP contribution in [0.2, 0.25) is 0 Å². The number of rotatable bonds is 6. The lowest BCUT2D eigenvalue weighted by Gasteiger charge is -2.21. The van der Waals surface area contributed by atoms with Crippen LogP contribution in [0.1, 0.15) is 25.0 Å². The van der Waals surface area contributed by atoms with Crippen molar-refractivity contribution in [2.24, 2.45) is 4.99 Å². The number of benzene rings is 1. The van der Waals surface area contributed by atoms with Gasteiger partial charge in [0, 0.05) is 32.7 Å². The summed E-state index contributed by atoms with van der Waals surface area (Å²) in [6.07, 6.45) is -4.30. The smallest absolute Gasteiger partial charge is 0.355 e. The molecule has 0 aromatic heterocycles. The Balaban J connectivity index is 0.00000529. The highest BCUT2D eigenvalue weighted by Crippen LogP contribution is 2.28. The fraction of sp³-hybridized carbons (Fsp3) is 0.562. The van der Waals surface area contributed by atoms with Gasteiger partial charge in [0.05, 0.1) is 5.56 Å². The topological polar surface area (TPSA) is 39.7 Å². The van der Waals surface area contributed by atoms with E-state index in [9.17, 15) is 13.2 Å². The predicted molar refractivity (Wildman–Crippen MR) is 103 cm³/mol. The molecular weight excluding hydrogens is 432 g/mol. The monoisotopic (exact) mass is 458 g/mol. The Morgan fingerprint density at radius 2 is 1.75 bits per heavy atom. The molecule has 24 heavy (non-hydrogen) atoms. The number of nitrogens with zero attached hydrogens (tertiary/aromatic N) is 2. The molecule has 2 N–H and O–H groups in total. The Bertz CT molecular complexity index is 501. The average Bonchev–Trinajstić information content (AvgIpc) is 2.49. The molecule has 0 heterocycles. The SMILES string of the molecule is CN=C(NCCN(C)C(C)C)NCc1ccc(C(F)(F)F)cc1.I. The molecule has 1 aromatic carbocycles. The van der Waals surface area contributed by atoms with Crippen molar-refractivity contribution in [2.45, 2.75) is 32.6 Å². The van der Waals surface area contributed by atoms with E-state index in [0.717, 1.165) is 30.8 Å². The number of nitrogens with one attached hydrogen (secondary N) is 2. The van der Waals surface area contributed by atoms with Crippen LogP contribution in [0, 0.1) is 0 Å². The molecule has 0 radical (unpaired) electrons. The Labute approximate surface area is 158 Å². The Morgan fingerprint density at radius 1 is 1.17 bits per heavy atom. The van der Waals surface area contributed by atoms with E-state index in [2.05, 4.69) is 34.4 Å². The number of likely N-dealkylation sites (N-methyl/N-ethyl adjacent to an activating group) is 1. The van der Waals surface area contributed by atoms with Gasteiger partial charge < -0.3 is 15.5 Å². The Morgan fingerprint density at radius 3 is 2.21 bits per heavy atom. The second kappa shape index (κ2) is 10.8. The van der Waals surface area contributed by atoms with Crippen molar-refractivity contribution in [1.29, 1.82) is 0 Å². The largest absolute Gasteiger partial charge is 0.416 e. The number of hydrogen-bond acceptors (Lipinski definition) is 2. The highest BCUT2D eigenvalue weighted by Gasteiger charge is 2.29. The van der Waals surface area contributed by atoms with Crippen LogP contribution >= 0.6 is 24.0 Å². The van der Waals surface area contributed by atoms with E-state index >= 15 is 0 Å². The minimum Gasteiger partial charge on any atom is -0.355 e. The van der Waals surface area contributed by atoms with Crippen molar-refractivity contribution < 1.29 is 13.2 Å². The summed E-state index contributed by atoms with van der Waals surface area (Å²) in [4.78, 5) is 6.30. The number of alkyl halides is 3. The molecular formula is C16H26F3IN4. The van der Waals surface area contributed by atoms with Crippen LogP contribution < -0.4 is 10.6 Å². The first-order chi connectivity index (χ1) is 10.7. The summed E-state index contributed by atoms with van der Waals surface area (Å²) in [5, 5.41) is 6.26. The summed E-state index contributed by atoms with van der Waals surface area (Å²) in [6, 6.07) is 5.58. The highest BCUT2D eigenvalue weighted by molar-refractivity contribution is 14.0. The lowest BCUT2D eigenvalue weighted by Crippen LogP contribution is -2.41. The van der Waals surface area contributed by atoms with Gasteiger partial charge in [0.2, 0.25) is 0 Å². The van der Waals surface area contributed by atoms with Crippen LogP contribution in [0.3, 0.4) is 0 Å². The van der Waals surface area contributed by atoms with Gasteiger partial charge in [-0.2, -0.15) is 13.2 Å². The van der Waals surface area contributed by atoms with Gasteiger partial charge >= 0.3 is 6.18 Å². The number of halogens is 4. The van der Waals surface area contributed by atoms with Gasteiger partial charge in [-0.25, -0.2) is 0 Å². The molecule has 0 amide bonds. The molecule has 0 unspecified atom stereocenters. The van der Waals surface area contributed by atoms with E-state index < -0.39 is 11.7 Å². The van der Waals surface area contributed by atoms with Crippen molar-refractivity contribution >= 4 is 29.9 Å². The van der Waals surface area contributed by atoms with Gasteiger partial charge in [0.25, 0.3) is 0 Å². The normalized spacial score (nSPS) is 12.3. The Kier molecular flexibility index (Phi) is 10.3. The van der Waals surface area contributed by atoms with Crippen molar-refractivity contribution in [3.63, 3.8) is 0 Å².